The predicted molar refractivity (Wildman–Crippen MR) is 96.5 cm³/mol. The number of benzene rings is 1. The Labute approximate surface area is 147 Å². The van der Waals surface area contributed by atoms with E-state index in [1.165, 1.54) is 11.0 Å². The average molecular weight is 341 g/mol. The van der Waals surface area contributed by atoms with Crippen LogP contribution in [0.2, 0.25) is 0 Å². The van der Waals surface area contributed by atoms with Gasteiger partial charge in [0.2, 0.25) is 5.91 Å². The van der Waals surface area contributed by atoms with E-state index < -0.39 is 0 Å². The molecule has 6 heteroatoms. The molecule has 0 aliphatic heterocycles. The van der Waals surface area contributed by atoms with Gasteiger partial charge in [0.1, 0.15) is 5.76 Å². The molecule has 1 aromatic heterocycles. The van der Waals surface area contributed by atoms with Crippen LogP contribution in [0.5, 0.6) is 0 Å². The Hall–Kier alpha value is -2.89. The normalized spacial score (nSPS) is 11.7. The number of likely N-dealkylation sites (N-methyl/N-ethyl adjacent to an activating group) is 1. The van der Waals surface area contributed by atoms with Crippen molar-refractivity contribution in [3.63, 3.8) is 0 Å². The van der Waals surface area contributed by atoms with E-state index in [0.29, 0.717) is 17.0 Å². The van der Waals surface area contributed by atoms with Crippen LogP contribution in [-0.4, -0.2) is 24.0 Å². The number of carbonyl (C=O) groups is 2. The summed E-state index contributed by atoms with van der Waals surface area (Å²) in [4.78, 5) is 25.6. The molecule has 6 nitrogen and oxygen atoms in total. The number of aryl methyl sites for hydroxylation is 2. The van der Waals surface area contributed by atoms with Gasteiger partial charge < -0.3 is 14.7 Å². The second-order valence-corrected chi connectivity index (χ2v) is 5.82. The Bertz CT molecular complexity index is 758. The Kier molecular flexibility index (Phi) is 5.75. The summed E-state index contributed by atoms with van der Waals surface area (Å²) in [6, 6.07) is 6.68. The van der Waals surface area contributed by atoms with Crippen LogP contribution in [0.3, 0.4) is 0 Å². The minimum absolute atomic E-state index is 0.163. The van der Waals surface area contributed by atoms with Gasteiger partial charge in [-0.25, -0.2) is 0 Å². The Morgan fingerprint density at radius 2 is 1.96 bits per heavy atom. The molecule has 25 heavy (non-hydrogen) atoms. The molecule has 0 saturated carbocycles. The number of amides is 2. The van der Waals surface area contributed by atoms with E-state index in [1.54, 1.807) is 31.3 Å². The maximum absolute atomic E-state index is 12.5. The van der Waals surface area contributed by atoms with Gasteiger partial charge in [0.15, 0.2) is 0 Å². The maximum Gasteiger partial charge on any atom is 0.251 e. The first-order valence-electron chi connectivity index (χ1n) is 8.12. The maximum atomic E-state index is 12.5. The fourth-order valence-corrected chi connectivity index (χ4v) is 2.71. The number of rotatable bonds is 6. The van der Waals surface area contributed by atoms with Gasteiger partial charge in [0.05, 0.1) is 11.7 Å². The van der Waals surface area contributed by atoms with Crippen LogP contribution in [-0.2, 0) is 4.79 Å². The van der Waals surface area contributed by atoms with Crippen molar-refractivity contribution in [2.24, 2.45) is 0 Å². The Morgan fingerprint density at radius 1 is 1.32 bits per heavy atom. The van der Waals surface area contributed by atoms with E-state index in [0.717, 1.165) is 17.7 Å². The van der Waals surface area contributed by atoms with Crippen molar-refractivity contribution in [2.75, 3.05) is 11.9 Å². The number of nitrogens with zero attached hydrogens (tertiary/aromatic N) is 2. The van der Waals surface area contributed by atoms with E-state index in [9.17, 15) is 9.59 Å². The monoisotopic (exact) mass is 341 g/mol. The van der Waals surface area contributed by atoms with Crippen molar-refractivity contribution in [1.82, 2.24) is 10.5 Å². The minimum Gasteiger partial charge on any atom is -0.361 e. The van der Waals surface area contributed by atoms with Crippen LogP contribution in [0.1, 0.15) is 46.8 Å². The SMILES string of the molecule is C=CC(=O)N(C)c1ccc(C(=O)NC(CC)c2c(C)noc2C)cc1. The molecule has 0 radical (unpaired) electrons. The number of anilines is 1. The molecule has 2 rings (SSSR count). The van der Waals surface area contributed by atoms with Gasteiger partial charge in [-0.2, -0.15) is 0 Å². The molecule has 2 aromatic rings. The average Bonchev–Trinajstić information content (AvgIpc) is 2.96. The smallest absolute Gasteiger partial charge is 0.251 e. The fraction of sp³-hybridized carbons (Fsp3) is 0.316. The molecule has 0 fully saturated rings. The molecule has 1 aromatic carbocycles. The first-order chi connectivity index (χ1) is 11.9. The number of hydrogen-bond donors (Lipinski definition) is 1. The van der Waals surface area contributed by atoms with Gasteiger partial charge >= 0.3 is 0 Å². The highest BCUT2D eigenvalue weighted by molar-refractivity contribution is 6.01. The molecule has 0 aliphatic rings. The lowest BCUT2D eigenvalue weighted by Gasteiger charge is -2.18. The lowest BCUT2D eigenvalue weighted by molar-refractivity contribution is -0.113. The van der Waals surface area contributed by atoms with Crippen molar-refractivity contribution < 1.29 is 14.1 Å². The predicted octanol–water partition coefficient (Wildman–Crippen LogP) is 3.32. The van der Waals surface area contributed by atoms with E-state index >= 15 is 0 Å². The topological polar surface area (TPSA) is 75.4 Å². The summed E-state index contributed by atoms with van der Waals surface area (Å²) < 4.78 is 5.19. The molecule has 0 spiro atoms. The summed E-state index contributed by atoms with van der Waals surface area (Å²) in [6.45, 7) is 9.16. The van der Waals surface area contributed by atoms with E-state index in [4.69, 9.17) is 4.52 Å². The molecule has 1 atom stereocenters. The quantitative estimate of drug-likeness (QED) is 0.818. The number of hydrogen-bond acceptors (Lipinski definition) is 4. The summed E-state index contributed by atoms with van der Waals surface area (Å²) in [6.07, 6.45) is 1.97. The molecule has 1 unspecified atom stereocenters. The standard InChI is InChI=1S/C19H23N3O3/c1-6-16(18-12(3)21-25-13(18)4)20-19(24)14-8-10-15(11-9-14)22(5)17(23)7-2/h7-11,16H,2,6H2,1,3-5H3,(H,20,24). The van der Waals surface area contributed by atoms with Crippen LogP contribution in [0, 0.1) is 13.8 Å². The van der Waals surface area contributed by atoms with E-state index in [-0.39, 0.29) is 17.9 Å². The zero-order valence-corrected chi connectivity index (χ0v) is 15.0. The van der Waals surface area contributed by atoms with Crippen molar-refractivity contribution in [3.8, 4) is 0 Å². The van der Waals surface area contributed by atoms with Gasteiger partial charge in [0, 0.05) is 23.9 Å². The van der Waals surface area contributed by atoms with Crippen LogP contribution >= 0.6 is 0 Å². The second kappa shape index (κ2) is 7.79. The summed E-state index contributed by atoms with van der Waals surface area (Å²) in [7, 11) is 1.66. The van der Waals surface area contributed by atoms with Crippen molar-refractivity contribution in [3.05, 3.63) is 59.5 Å². The van der Waals surface area contributed by atoms with E-state index in [2.05, 4.69) is 17.1 Å². The summed E-state index contributed by atoms with van der Waals surface area (Å²) in [5.41, 5.74) is 2.92. The second-order valence-electron chi connectivity index (χ2n) is 5.82. The van der Waals surface area contributed by atoms with Crippen molar-refractivity contribution in [2.45, 2.75) is 33.2 Å². The number of carbonyl (C=O) groups excluding carboxylic acids is 2. The molecule has 132 valence electrons. The first kappa shape index (κ1) is 18.4. The van der Waals surface area contributed by atoms with Gasteiger partial charge in [-0.05, 0) is 50.6 Å². The van der Waals surface area contributed by atoms with Crippen LogP contribution < -0.4 is 10.2 Å². The molecule has 2 amide bonds. The molecule has 0 aliphatic carbocycles. The van der Waals surface area contributed by atoms with Gasteiger partial charge in [-0.15, -0.1) is 0 Å². The molecular weight excluding hydrogens is 318 g/mol. The van der Waals surface area contributed by atoms with E-state index in [1.807, 2.05) is 20.8 Å². The first-order valence-corrected chi connectivity index (χ1v) is 8.12. The van der Waals surface area contributed by atoms with Crippen molar-refractivity contribution in [1.29, 1.82) is 0 Å². The largest absolute Gasteiger partial charge is 0.361 e. The Morgan fingerprint density at radius 3 is 2.44 bits per heavy atom. The van der Waals surface area contributed by atoms with Crippen LogP contribution in [0.15, 0.2) is 41.4 Å². The summed E-state index contributed by atoms with van der Waals surface area (Å²) in [5, 5.41) is 6.96. The molecule has 0 saturated heterocycles. The van der Waals surface area contributed by atoms with Gasteiger partial charge in [-0.3, -0.25) is 9.59 Å². The highest BCUT2D eigenvalue weighted by Crippen LogP contribution is 2.24. The van der Waals surface area contributed by atoms with Crippen molar-refractivity contribution >= 4 is 17.5 Å². The number of nitrogens with one attached hydrogen (secondary N) is 1. The third kappa shape index (κ3) is 3.96. The highest BCUT2D eigenvalue weighted by atomic mass is 16.5. The minimum atomic E-state index is -0.207. The Balaban J connectivity index is 2.15. The van der Waals surface area contributed by atoms with Gasteiger partial charge in [0.25, 0.3) is 5.91 Å². The van der Waals surface area contributed by atoms with Crippen LogP contribution in [0.4, 0.5) is 5.69 Å². The third-order valence-electron chi connectivity index (χ3n) is 4.17. The van der Waals surface area contributed by atoms with Crippen LogP contribution in [0.25, 0.3) is 0 Å². The third-order valence-corrected chi connectivity index (χ3v) is 4.17. The fourth-order valence-electron chi connectivity index (χ4n) is 2.71. The lowest BCUT2D eigenvalue weighted by Crippen LogP contribution is -2.29. The zero-order valence-electron chi connectivity index (χ0n) is 15.0. The number of aromatic nitrogens is 1. The zero-order chi connectivity index (χ0) is 18.6. The summed E-state index contributed by atoms with van der Waals surface area (Å²) >= 11 is 0. The highest BCUT2D eigenvalue weighted by Gasteiger charge is 2.21. The van der Waals surface area contributed by atoms with Gasteiger partial charge in [-0.1, -0.05) is 18.7 Å². The lowest BCUT2D eigenvalue weighted by atomic mass is 10.0. The summed E-state index contributed by atoms with van der Waals surface area (Å²) in [5.74, 6) is 0.322. The molecule has 1 N–H and O–H groups in total. The molecule has 1 heterocycles. The molecule has 0 bridgehead atoms. The molecular formula is C19H23N3O3.